The first-order valence-electron chi connectivity index (χ1n) is 8.50. The van der Waals surface area contributed by atoms with Crippen LogP contribution >= 0.6 is 22.9 Å². The number of hydrogen-bond acceptors (Lipinski definition) is 5. The SMILES string of the molecule is COc1ccc(S(=O)(=O)N(C)C)cc1NC(=O)c1ccc(-c2ccc(Cl)cc2)s1. The van der Waals surface area contributed by atoms with E-state index in [0.717, 1.165) is 14.7 Å². The van der Waals surface area contributed by atoms with E-state index < -0.39 is 10.0 Å². The number of carbonyl (C=O) groups is 1. The van der Waals surface area contributed by atoms with Gasteiger partial charge in [0.15, 0.2) is 0 Å². The maximum Gasteiger partial charge on any atom is 0.265 e. The second-order valence-electron chi connectivity index (χ2n) is 6.27. The average Bonchev–Trinajstić information content (AvgIpc) is 3.18. The molecule has 0 aliphatic rings. The molecular weight excluding hydrogens is 432 g/mol. The smallest absolute Gasteiger partial charge is 0.265 e. The first-order valence-corrected chi connectivity index (χ1v) is 11.1. The fourth-order valence-electron chi connectivity index (χ4n) is 2.57. The number of amides is 1. The van der Waals surface area contributed by atoms with Crippen molar-refractivity contribution in [3.05, 3.63) is 64.5 Å². The second-order valence-corrected chi connectivity index (χ2v) is 9.95. The van der Waals surface area contributed by atoms with E-state index in [1.165, 1.54) is 50.7 Å². The van der Waals surface area contributed by atoms with E-state index in [1.54, 1.807) is 18.2 Å². The van der Waals surface area contributed by atoms with E-state index in [2.05, 4.69) is 5.32 Å². The van der Waals surface area contributed by atoms with Gasteiger partial charge in [-0.25, -0.2) is 12.7 Å². The predicted molar refractivity (Wildman–Crippen MR) is 117 cm³/mol. The van der Waals surface area contributed by atoms with Crippen molar-refractivity contribution in [3.63, 3.8) is 0 Å². The molecule has 0 bridgehead atoms. The third-order valence-electron chi connectivity index (χ3n) is 4.16. The van der Waals surface area contributed by atoms with Crippen molar-refractivity contribution in [2.24, 2.45) is 0 Å². The molecule has 1 amide bonds. The molecule has 1 aromatic heterocycles. The number of thiophene rings is 1. The van der Waals surface area contributed by atoms with Crippen molar-refractivity contribution >= 4 is 44.6 Å². The highest BCUT2D eigenvalue weighted by Gasteiger charge is 2.20. The number of nitrogens with zero attached hydrogens (tertiary/aromatic N) is 1. The lowest BCUT2D eigenvalue weighted by Crippen LogP contribution is -2.22. The number of sulfonamides is 1. The van der Waals surface area contributed by atoms with Crippen molar-refractivity contribution in [1.82, 2.24) is 4.31 Å². The number of rotatable bonds is 6. The first-order chi connectivity index (χ1) is 13.7. The molecule has 9 heteroatoms. The lowest BCUT2D eigenvalue weighted by atomic mass is 10.2. The minimum absolute atomic E-state index is 0.0617. The number of hydrogen-bond donors (Lipinski definition) is 1. The quantitative estimate of drug-likeness (QED) is 0.596. The zero-order chi connectivity index (χ0) is 21.2. The van der Waals surface area contributed by atoms with Crippen LogP contribution < -0.4 is 10.1 Å². The van der Waals surface area contributed by atoms with Gasteiger partial charge >= 0.3 is 0 Å². The Labute approximate surface area is 178 Å². The van der Waals surface area contributed by atoms with Gasteiger partial charge in [-0.3, -0.25) is 4.79 Å². The van der Waals surface area contributed by atoms with Gasteiger partial charge in [0, 0.05) is 24.0 Å². The Balaban J connectivity index is 1.88. The minimum atomic E-state index is -3.64. The molecule has 6 nitrogen and oxygen atoms in total. The Hall–Kier alpha value is -2.39. The third kappa shape index (κ3) is 4.62. The molecule has 0 aliphatic carbocycles. The summed E-state index contributed by atoms with van der Waals surface area (Å²) in [5.41, 5.74) is 1.23. The molecule has 0 saturated carbocycles. The fourth-order valence-corrected chi connectivity index (χ4v) is 4.53. The number of ether oxygens (including phenoxy) is 1. The highest BCUT2D eigenvalue weighted by Crippen LogP contribution is 2.32. The molecule has 2 aromatic carbocycles. The van der Waals surface area contributed by atoms with Crippen molar-refractivity contribution < 1.29 is 17.9 Å². The van der Waals surface area contributed by atoms with E-state index in [9.17, 15) is 13.2 Å². The minimum Gasteiger partial charge on any atom is -0.495 e. The van der Waals surface area contributed by atoms with Crippen LogP contribution in [0.25, 0.3) is 10.4 Å². The summed E-state index contributed by atoms with van der Waals surface area (Å²) in [6.07, 6.45) is 0. The number of halogens is 1. The van der Waals surface area contributed by atoms with Gasteiger partial charge in [0.05, 0.1) is 22.6 Å². The summed E-state index contributed by atoms with van der Waals surface area (Å²) in [4.78, 5) is 14.2. The van der Waals surface area contributed by atoms with Crippen LogP contribution in [0.5, 0.6) is 5.75 Å². The van der Waals surface area contributed by atoms with Crippen molar-refractivity contribution in [3.8, 4) is 16.2 Å². The van der Waals surface area contributed by atoms with Crippen LogP contribution in [0.1, 0.15) is 9.67 Å². The average molecular weight is 451 g/mol. The Kier molecular flexibility index (Phi) is 6.28. The predicted octanol–water partition coefficient (Wildman–Crippen LogP) is 4.58. The van der Waals surface area contributed by atoms with E-state index in [1.807, 2.05) is 18.2 Å². The van der Waals surface area contributed by atoms with Crippen LogP contribution in [0.15, 0.2) is 59.5 Å². The zero-order valence-corrected chi connectivity index (χ0v) is 18.4. The van der Waals surface area contributed by atoms with E-state index in [-0.39, 0.29) is 16.5 Å². The molecule has 0 aliphatic heterocycles. The number of carbonyl (C=O) groups excluding carboxylic acids is 1. The number of methoxy groups -OCH3 is 1. The molecule has 3 rings (SSSR count). The summed E-state index contributed by atoms with van der Waals surface area (Å²) in [6.45, 7) is 0. The van der Waals surface area contributed by atoms with Crippen LogP contribution in [0.3, 0.4) is 0 Å². The molecule has 0 atom stereocenters. The molecule has 0 unspecified atom stereocenters. The van der Waals surface area contributed by atoms with Crippen LogP contribution in [0, 0.1) is 0 Å². The molecule has 152 valence electrons. The topological polar surface area (TPSA) is 75.7 Å². The summed E-state index contributed by atoms with van der Waals surface area (Å²) in [5.74, 6) is 0.0125. The lowest BCUT2D eigenvalue weighted by Gasteiger charge is -2.15. The van der Waals surface area contributed by atoms with Crippen molar-refractivity contribution in [2.45, 2.75) is 4.90 Å². The third-order valence-corrected chi connectivity index (χ3v) is 7.35. The number of anilines is 1. The molecule has 0 saturated heterocycles. The van der Waals surface area contributed by atoms with Crippen LogP contribution in [0.4, 0.5) is 5.69 Å². The molecular formula is C20H19ClN2O4S2. The standard InChI is InChI=1S/C20H19ClN2O4S2/c1-23(2)29(25,26)15-8-9-17(27-3)16(12-15)22-20(24)19-11-10-18(28-19)13-4-6-14(21)7-5-13/h4-12H,1-3H3,(H,22,24). The van der Waals surface area contributed by atoms with Gasteiger partial charge in [-0.15, -0.1) is 11.3 Å². The molecule has 0 fully saturated rings. The maximum absolute atomic E-state index is 12.7. The van der Waals surface area contributed by atoms with Crippen LogP contribution in [-0.2, 0) is 10.0 Å². The monoisotopic (exact) mass is 450 g/mol. The fraction of sp³-hybridized carbons (Fsp3) is 0.150. The summed E-state index contributed by atoms with van der Waals surface area (Å²) >= 11 is 7.24. The molecule has 1 heterocycles. The number of benzene rings is 2. The summed E-state index contributed by atoms with van der Waals surface area (Å²) in [5, 5.41) is 3.39. The van der Waals surface area contributed by atoms with Gasteiger partial charge in [0.1, 0.15) is 5.75 Å². The Morgan fingerprint density at radius 2 is 1.76 bits per heavy atom. The van der Waals surface area contributed by atoms with Gasteiger partial charge < -0.3 is 10.1 Å². The first kappa shape index (κ1) is 21.3. The Bertz CT molecular complexity index is 1140. The summed E-state index contributed by atoms with van der Waals surface area (Å²) in [7, 11) is 0.704. The molecule has 0 spiro atoms. The molecule has 0 radical (unpaired) electrons. The molecule has 3 aromatic rings. The second kappa shape index (κ2) is 8.54. The highest BCUT2D eigenvalue weighted by atomic mass is 35.5. The lowest BCUT2D eigenvalue weighted by molar-refractivity contribution is 0.103. The normalized spacial score (nSPS) is 11.5. The van der Waals surface area contributed by atoms with Gasteiger partial charge in [-0.05, 0) is 48.0 Å². The number of nitrogens with one attached hydrogen (secondary N) is 1. The summed E-state index contributed by atoms with van der Waals surface area (Å²) < 4.78 is 31.2. The van der Waals surface area contributed by atoms with Crippen molar-refractivity contribution in [1.29, 1.82) is 0 Å². The zero-order valence-electron chi connectivity index (χ0n) is 16.0. The van der Waals surface area contributed by atoms with Gasteiger partial charge in [-0.1, -0.05) is 23.7 Å². The Morgan fingerprint density at radius 3 is 2.38 bits per heavy atom. The molecule has 29 heavy (non-hydrogen) atoms. The van der Waals surface area contributed by atoms with E-state index in [0.29, 0.717) is 15.6 Å². The van der Waals surface area contributed by atoms with Gasteiger partial charge in [0.25, 0.3) is 5.91 Å². The largest absolute Gasteiger partial charge is 0.495 e. The van der Waals surface area contributed by atoms with Gasteiger partial charge in [-0.2, -0.15) is 0 Å². The maximum atomic E-state index is 12.7. The molecule has 1 N–H and O–H groups in total. The van der Waals surface area contributed by atoms with Gasteiger partial charge in [0.2, 0.25) is 10.0 Å². The van der Waals surface area contributed by atoms with E-state index in [4.69, 9.17) is 16.3 Å². The van der Waals surface area contributed by atoms with E-state index >= 15 is 0 Å². The Morgan fingerprint density at radius 1 is 1.07 bits per heavy atom. The highest BCUT2D eigenvalue weighted by molar-refractivity contribution is 7.89. The van der Waals surface area contributed by atoms with Crippen LogP contribution in [0.2, 0.25) is 5.02 Å². The summed E-state index contributed by atoms with van der Waals surface area (Å²) in [6, 6.07) is 15.3. The van der Waals surface area contributed by atoms with Crippen LogP contribution in [-0.4, -0.2) is 39.8 Å². The van der Waals surface area contributed by atoms with Crippen molar-refractivity contribution in [2.75, 3.05) is 26.5 Å².